The van der Waals surface area contributed by atoms with Crippen molar-refractivity contribution >= 4 is 27.1 Å². The molecule has 0 atom stereocenters. The van der Waals surface area contributed by atoms with Gasteiger partial charge >= 0.3 is 0 Å². The number of nitrogens with two attached hydrogens (primary N) is 1. The lowest BCUT2D eigenvalue weighted by atomic mass is 10.1. The molecule has 0 fully saturated rings. The third-order valence-corrected chi connectivity index (χ3v) is 4.91. The van der Waals surface area contributed by atoms with Gasteiger partial charge in [0.15, 0.2) is 0 Å². The molecule has 0 radical (unpaired) electrons. The highest BCUT2D eigenvalue weighted by Crippen LogP contribution is 2.28. The van der Waals surface area contributed by atoms with Crippen molar-refractivity contribution in [3.8, 4) is 0 Å². The first-order valence-corrected chi connectivity index (χ1v) is 9.70. The van der Waals surface area contributed by atoms with Gasteiger partial charge in [-0.3, -0.25) is 15.5 Å². The van der Waals surface area contributed by atoms with Crippen LogP contribution in [0.5, 0.6) is 0 Å². The summed E-state index contributed by atoms with van der Waals surface area (Å²) in [6.45, 7) is 2.14. The summed E-state index contributed by atoms with van der Waals surface area (Å²) >= 11 is 0. The Morgan fingerprint density at radius 1 is 1.36 bits per heavy atom. The van der Waals surface area contributed by atoms with Crippen LogP contribution in [-0.4, -0.2) is 19.1 Å². The zero-order valence-electron chi connectivity index (χ0n) is 14.1. The Bertz CT molecular complexity index is 815. The van der Waals surface area contributed by atoms with Crippen LogP contribution in [0.4, 0.5) is 11.4 Å². The highest BCUT2D eigenvalue weighted by molar-refractivity contribution is 7.89. The molecular formula is C16H22N4O4S. The van der Waals surface area contributed by atoms with Crippen molar-refractivity contribution in [3.05, 3.63) is 40.0 Å². The van der Waals surface area contributed by atoms with Crippen LogP contribution in [0.2, 0.25) is 0 Å². The van der Waals surface area contributed by atoms with Crippen molar-refractivity contribution < 1.29 is 13.3 Å². The number of benzene rings is 1. The molecule has 0 amide bonds. The summed E-state index contributed by atoms with van der Waals surface area (Å²) in [6, 6.07) is 3.46. The second-order valence-electron chi connectivity index (χ2n) is 5.88. The molecule has 0 saturated carbocycles. The first-order chi connectivity index (χ1) is 11.8. The summed E-state index contributed by atoms with van der Waals surface area (Å²) < 4.78 is 22.7. The molecular weight excluding hydrogens is 344 g/mol. The molecule has 0 bridgehead atoms. The second kappa shape index (κ2) is 8.21. The van der Waals surface area contributed by atoms with Gasteiger partial charge in [-0.15, -0.1) is 0 Å². The largest absolute Gasteiger partial charge is 0.295 e. The van der Waals surface area contributed by atoms with Crippen molar-refractivity contribution in [1.29, 1.82) is 0 Å². The number of hydrogen-bond acceptors (Lipinski definition) is 6. The second-order valence-corrected chi connectivity index (χ2v) is 7.44. The third kappa shape index (κ3) is 5.10. The maximum atomic E-state index is 11.4. The molecule has 3 N–H and O–H groups in total. The number of anilines is 1. The van der Waals surface area contributed by atoms with Crippen LogP contribution >= 0.6 is 0 Å². The van der Waals surface area contributed by atoms with Crippen molar-refractivity contribution in [2.24, 2.45) is 10.2 Å². The predicted octanol–water partition coefficient (Wildman–Crippen LogP) is 3.31. The smallest absolute Gasteiger partial charge is 0.271 e. The predicted molar refractivity (Wildman–Crippen MR) is 97.0 cm³/mol. The zero-order valence-corrected chi connectivity index (χ0v) is 14.9. The molecule has 136 valence electrons. The third-order valence-electron chi connectivity index (χ3n) is 4.00. The fraction of sp³-hybridized carbons (Fsp3) is 0.438. The number of nitro benzene ring substituents is 1. The van der Waals surface area contributed by atoms with E-state index >= 15 is 0 Å². The molecule has 1 aliphatic rings. The SMILES string of the molecule is CCCCCC1=CCC/C1=N/Nc1ccc(S(N)(=O)=O)cc1[N+](=O)[O-]. The first-order valence-electron chi connectivity index (χ1n) is 8.16. The van der Waals surface area contributed by atoms with Gasteiger partial charge in [0.1, 0.15) is 5.69 Å². The fourth-order valence-corrected chi connectivity index (χ4v) is 3.20. The fourth-order valence-electron chi connectivity index (χ4n) is 2.66. The quantitative estimate of drug-likeness (QED) is 0.414. The number of nitrogens with zero attached hydrogens (tertiary/aromatic N) is 2. The number of primary sulfonamides is 1. The molecule has 25 heavy (non-hydrogen) atoms. The van der Waals surface area contributed by atoms with Crippen LogP contribution in [0.3, 0.4) is 0 Å². The highest BCUT2D eigenvalue weighted by atomic mass is 32.2. The summed E-state index contributed by atoms with van der Waals surface area (Å²) in [5.41, 5.74) is 4.51. The minimum Gasteiger partial charge on any atom is -0.271 e. The maximum absolute atomic E-state index is 11.4. The average molecular weight is 366 g/mol. The summed E-state index contributed by atoms with van der Waals surface area (Å²) in [5.74, 6) is 0. The first kappa shape index (κ1) is 19.1. The number of unbranched alkanes of at least 4 members (excludes halogenated alkanes) is 2. The van der Waals surface area contributed by atoms with Crippen LogP contribution in [0.25, 0.3) is 0 Å². The summed E-state index contributed by atoms with van der Waals surface area (Å²) in [7, 11) is -4.00. The van der Waals surface area contributed by atoms with Crippen molar-refractivity contribution in [3.63, 3.8) is 0 Å². The molecule has 1 aliphatic carbocycles. The molecule has 9 heteroatoms. The Kier molecular flexibility index (Phi) is 6.27. The van der Waals surface area contributed by atoms with Crippen molar-refractivity contribution in [2.45, 2.75) is 50.3 Å². The van der Waals surface area contributed by atoms with E-state index < -0.39 is 14.9 Å². The standard InChI is InChI=1S/C16H22N4O4S/c1-2-3-4-6-12-7-5-8-14(12)18-19-15-10-9-13(25(17,23)24)11-16(15)20(21)22/h7,9-11,19H,2-6,8H2,1H3,(H2,17,23,24)/b18-14-. The molecule has 8 nitrogen and oxygen atoms in total. The molecule has 1 aromatic carbocycles. The summed E-state index contributed by atoms with van der Waals surface area (Å²) in [6.07, 6.45) is 8.17. The van der Waals surface area contributed by atoms with E-state index in [0.717, 1.165) is 50.3 Å². The zero-order chi connectivity index (χ0) is 18.4. The number of allylic oxidation sites excluding steroid dienone is 2. The van der Waals surface area contributed by atoms with E-state index in [1.54, 1.807) is 0 Å². The Morgan fingerprint density at radius 3 is 2.76 bits per heavy atom. The van der Waals surface area contributed by atoms with Crippen molar-refractivity contribution in [2.75, 3.05) is 5.43 Å². The van der Waals surface area contributed by atoms with E-state index in [-0.39, 0.29) is 16.3 Å². The Morgan fingerprint density at radius 2 is 2.12 bits per heavy atom. The number of hydrogen-bond donors (Lipinski definition) is 2. The van der Waals surface area contributed by atoms with E-state index in [9.17, 15) is 18.5 Å². The molecule has 2 rings (SSSR count). The van der Waals surface area contributed by atoms with Gasteiger partial charge in [-0.2, -0.15) is 5.10 Å². The average Bonchev–Trinajstić information content (AvgIpc) is 2.99. The van der Waals surface area contributed by atoms with Crippen LogP contribution in [-0.2, 0) is 10.0 Å². The lowest BCUT2D eigenvalue weighted by Gasteiger charge is -2.07. The summed E-state index contributed by atoms with van der Waals surface area (Å²) in [5, 5.41) is 20.5. The molecule has 0 aromatic heterocycles. The van der Waals surface area contributed by atoms with E-state index in [4.69, 9.17) is 5.14 Å². The van der Waals surface area contributed by atoms with Gasteiger partial charge in [-0.1, -0.05) is 25.8 Å². The van der Waals surface area contributed by atoms with Gasteiger partial charge in [-0.25, -0.2) is 13.6 Å². The van der Waals surface area contributed by atoms with E-state index in [2.05, 4.69) is 23.5 Å². The number of nitro groups is 1. The van der Waals surface area contributed by atoms with Crippen LogP contribution in [0.15, 0.2) is 39.8 Å². The molecule has 0 saturated heterocycles. The van der Waals surface area contributed by atoms with Gasteiger partial charge in [0.25, 0.3) is 5.69 Å². The van der Waals surface area contributed by atoms with E-state index in [1.165, 1.54) is 17.7 Å². The topological polar surface area (TPSA) is 128 Å². The van der Waals surface area contributed by atoms with Gasteiger partial charge in [0, 0.05) is 6.07 Å². The van der Waals surface area contributed by atoms with Gasteiger partial charge in [0.2, 0.25) is 10.0 Å². The number of sulfonamides is 1. The van der Waals surface area contributed by atoms with Gasteiger partial charge < -0.3 is 0 Å². The maximum Gasteiger partial charge on any atom is 0.295 e. The number of rotatable bonds is 8. The monoisotopic (exact) mass is 366 g/mol. The van der Waals surface area contributed by atoms with Gasteiger partial charge in [0.05, 0.1) is 15.5 Å². The molecule has 1 aromatic rings. The highest BCUT2D eigenvalue weighted by Gasteiger charge is 2.19. The molecule has 0 aliphatic heterocycles. The molecule has 0 heterocycles. The number of hydrazone groups is 1. The Hall–Kier alpha value is -2.26. The lowest BCUT2D eigenvalue weighted by Crippen LogP contribution is -2.12. The van der Waals surface area contributed by atoms with Crippen LogP contribution in [0, 0.1) is 10.1 Å². The lowest BCUT2D eigenvalue weighted by molar-refractivity contribution is -0.384. The molecule has 0 unspecified atom stereocenters. The summed E-state index contributed by atoms with van der Waals surface area (Å²) in [4.78, 5) is 10.2. The van der Waals surface area contributed by atoms with Crippen molar-refractivity contribution in [1.82, 2.24) is 0 Å². The number of nitrogens with one attached hydrogen (secondary N) is 1. The minimum absolute atomic E-state index is 0.129. The van der Waals surface area contributed by atoms with Gasteiger partial charge in [-0.05, 0) is 43.4 Å². The minimum atomic E-state index is -4.00. The van der Waals surface area contributed by atoms with E-state index in [1.807, 2.05) is 0 Å². The Labute approximate surface area is 147 Å². The normalized spacial score (nSPS) is 16.1. The Balaban J connectivity index is 2.19. The van der Waals surface area contributed by atoms with E-state index in [0.29, 0.717) is 0 Å². The van der Waals surface area contributed by atoms with Crippen LogP contribution < -0.4 is 10.6 Å². The van der Waals surface area contributed by atoms with Crippen LogP contribution in [0.1, 0.15) is 45.4 Å². The molecule has 0 spiro atoms.